The highest BCUT2D eigenvalue weighted by atomic mass is 32.2. The molecule has 2 saturated carbocycles. The maximum absolute atomic E-state index is 12.7. The van der Waals surface area contributed by atoms with Crippen LogP contribution in [0.1, 0.15) is 57.6 Å². The van der Waals surface area contributed by atoms with Crippen molar-refractivity contribution in [2.75, 3.05) is 17.6 Å². The molecular formula is C26H35N7O3S. The third-order valence-corrected chi connectivity index (χ3v) is 8.12. The zero-order chi connectivity index (χ0) is 26.1. The fourth-order valence-corrected chi connectivity index (χ4v) is 5.63. The Labute approximate surface area is 220 Å². The third-order valence-electron chi connectivity index (χ3n) is 7.07. The predicted octanol–water partition coefficient (Wildman–Crippen LogP) is 2.75. The van der Waals surface area contributed by atoms with Gasteiger partial charge in [0.15, 0.2) is 22.1 Å². The van der Waals surface area contributed by atoms with E-state index in [1.165, 1.54) is 5.56 Å². The number of anilines is 1. The topological polar surface area (TPSA) is 138 Å². The first-order valence-electron chi connectivity index (χ1n) is 13.1. The van der Waals surface area contributed by atoms with Crippen LogP contribution < -0.4 is 10.6 Å². The zero-order valence-corrected chi connectivity index (χ0v) is 22.2. The Morgan fingerprint density at radius 2 is 1.95 bits per heavy atom. The summed E-state index contributed by atoms with van der Waals surface area (Å²) in [7, 11) is 0. The maximum atomic E-state index is 12.7. The Hall–Kier alpha value is -2.76. The van der Waals surface area contributed by atoms with Crippen molar-refractivity contribution < 1.29 is 15.0 Å². The largest absolute Gasteiger partial charge is 0.390 e. The number of aliphatic hydroxyl groups excluding tert-OH is 2. The highest BCUT2D eigenvalue weighted by molar-refractivity contribution is 7.99. The molecule has 0 spiro atoms. The lowest BCUT2D eigenvalue weighted by Gasteiger charge is -2.17. The van der Waals surface area contributed by atoms with Crippen LogP contribution in [0.4, 0.5) is 5.82 Å². The molecule has 2 aliphatic carbocycles. The van der Waals surface area contributed by atoms with Crippen molar-refractivity contribution in [3.63, 3.8) is 0 Å². The number of rotatable bonds is 10. The minimum atomic E-state index is -1.19. The summed E-state index contributed by atoms with van der Waals surface area (Å²) < 4.78 is 1.56. The van der Waals surface area contributed by atoms with E-state index in [9.17, 15) is 15.0 Å². The van der Waals surface area contributed by atoms with Gasteiger partial charge in [-0.1, -0.05) is 68.1 Å². The first-order chi connectivity index (χ1) is 17.9. The first-order valence-corrected chi connectivity index (χ1v) is 14.1. The molecule has 5 rings (SSSR count). The molecule has 0 bridgehead atoms. The molecule has 37 heavy (non-hydrogen) atoms. The number of carbonyl (C=O) groups is 1. The summed E-state index contributed by atoms with van der Waals surface area (Å²) >= 11 is 1.56. The van der Waals surface area contributed by atoms with Crippen LogP contribution in [0.25, 0.3) is 11.2 Å². The summed E-state index contributed by atoms with van der Waals surface area (Å²) in [6.45, 7) is 6.63. The van der Waals surface area contributed by atoms with Gasteiger partial charge in [-0.05, 0) is 30.7 Å². The molecule has 2 fully saturated rings. The molecule has 4 N–H and O–H groups in total. The van der Waals surface area contributed by atoms with Gasteiger partial charge < -0.3 is 20.8 Å². The Morgan fingerprint density at radius 3 is 2.68 bits per heavy atom. The maximum Gasteiger partial charge on any atom is 0.225 e. The van der Waals surface area contributed by atoms with E-state index in [0.29, 0.717) is 34.6 Å². The SMILES string of the molecule is CCCSc1nc(NC2CC2c2ccccc2)c2nnn(C3CC(C(=O)NCC(C)C)C(O)C3O)c2n1. The number of aromatic nitrogens is 5. The van der Waals surface area contributed by atoms with Crippen LogP contribution in [0.2, 0.25) is 0 Å². The normalized spacial score (nSPS) is 27.1. The number of hydrogen-bond acceptors (Lipinski definition) is 9. The second-order valence-corrected chi connectivity index (χ2v) is 11.5. The summed E-state index contributed by atoms with van der Waals surface area (Å²) in [6.07, 6.45) is -0.132. The minimum absolute atomic E-state index is 0.239. The molecule has 11 heteroatoms. The number of fused-ring (bicyclic) bond motifs is 1. The molecular weight excluding hydrogens is 490 g/mol. The van der Waals surface area contributed by atoms with Crippen molar-refractivity contribution in [3.8, 4) is 0 Å². The number of thioether (sulfide) groups is 1. The number of hydrogen-bond donors (Lipinski definition) is 4. The molecule has 2 aliphatic rings. The fraction of sp³-hybridized carbons (Fsp3) is 0.577. The van der Waals surface area contributed by atoms with Crippen LogP contribution in [0.3, 0.4) is 0 Å². The molecule has 0 saturated heterocycles. The van der Waals surface area contributed by atoms with Crippen molar-refractivity contribution in [1.82, 2.24) is 30.3 Å². The Morgan fingerprint density at radius 1 is 1.16 bits per heavy atom. The van der Waals surface area contributed by atoms with Crippen molar-refractivity contribution >= 4 is 34.7 Å². The third kappa shape index (κ3) is 5.44. The van der Waals surface area contributed by atoms with Crippen LogP contribution in [-0.2, 0) is 4.79 Å². The quantitative estimate of drug-likeness (QED) is 0.232. The van der Waals surface area contributed by atoms with Crippen LogP contribution in [0, 0.1) is 11.8 Å². The number of benzene rings is 1. The van der Waals surface area contributed by atoms with Crippen LogP contribution in [-0.4, -0.2) is 71.6 Å². The van der Waals surface area contributed by atoms with E-state index in [1.54, 1.807) is 16.4 Å². The summed E-state index contributed by atoms with van der Waals surface area (Å²) in [5, 5.41) is 37.3. The first kappa shape index (κ1) is 25.9. The van der Waals surface area contributed by atoms with Gasteiger partial charge in [0.2, 0.25) is 5.91 Å². The van der Waals surface area contributed by atoms with E-state index in [4.69, 9.17) is 9.97 Å². The summed E-state index contributed by atoms with van der Waals surface area (Å²) in [6, 6.07) is 10.0. The van der Waals surface area contributed by atoms with Gasteiger partial charge in [0, 0.05) is 24.3 Å². The molecule has 1 aromatic carbocycles. The molecule has 2 heterocycles. The Balaban J connectivity index is 1.41. The standard InChI is InChI=1S/C26H35N7O3S/c1-4-10-37-26-29-23(28-18-11-16(18)15-8-6-5-7-9-15)20-24(30-26)33(32-31-20)19-12-17(21(34)22(19)35)25(36)27-13-14(2)3/h5-9,14,16-19,21-22,34-35H,4,10-13H2,1-3H3,(H,27,36)(H,28,29,30). The Kier molecular flexibility index (Phi) is 7.64. The van der Waals surface area contributed by atoms with E-state index in [2.05, 4.69) is 52.1 Å². The average molecular weight is 526 g/mol. The second kappa shape index (κ2) is 10.9. The zero-order valence-electron chi connectivity index (χ0n) is 21.4. The van der Waals surface area contributed by atoms with Crippen LogP contribution in [0.5, 0.6) is 0 Å². The van der Waals surface area contributed by atoms with Gasteiger partial charge in [-0.25, -0.2) is 14.6 Å². The van der Waals surface area contributed by atoms with E-state index in [0.717, 1.165) is 18.6 Å². The highest BCUT2D eigenvalue weighted by Crippen LogP contribution is 2.43. The van der Waals surface area contributed by atoms with E-state index >= 15 is 0 Å². The Bertz CT molecular complexity index is 1240. The number of aliphatic hydroxyl groups is 2. The lowest BCUT2D eigenvalue weighted by Crippen LogP contribution is -2.39. The van der Waals surface area contributed by atoms with Crippen LogP contribution in [0.15, 0.2) is 35.5 Å². The van der Waals surface area contributed by atoms with Crippen molar-refractivity contribution in [3.05, 3.63) is 35.9 Å². The number of nitrogens with zero attached hydrogens (tertiary/aromatic N) is 5. The molecule has 10 nitrogen and oxygen atoms in total. The molecule has 0 radical (unpaired) electrons. The molecule has 6 atom stereocenters. The van der Waals surface area contributed by atoms with Crippen molar-refractivity contribution in [2.24, 2.45) is 11.8 Å². The molecule has 1 amide bonds. The van der Waals surface area contributed by atoms with E-state index in [-0.39, 0.29) is 24.3 Å². The minimum Gasteiger partial charge on any atom is -0.390 e. The predicted molar refractivity (Wildman–Crippen MR) is 142 cm³/mol. The molecule has 2 aromatic heterocycles. The average Bonchev–Trinajstić information content (AvgIpc) is 3.44. The highest BCUT2D eigenvalue weighted by Gasteiger charge is 2.47. The molecule has 0 aliphatic heterocycles. The number of carbonyl (C=O) groups excluding carboxylic acids is 1. The smallest absolute Gasteiger partial charge is 0.225 e. The molecule has 6 unspecified atom stereocenters. The van der Waals surface area contributed by atoms with Crippen molar-refractivity contribution in [1.29, 1.82) is 0 Å². The lowest BCUT2D eigenvalue weighted by atomic mass is 10.0. The van der Waals surface area contributed by atoms with Crippen LogP contribution >= 0.6 is 11.8 Å². The van der Waals surface area contributed by atoms with E-state index in [1.807, 2.05) is 19.9 Å². The van der Waals surface area contributed by atoms with Gasteiger partial charge in [-0.3, -0.25) is 4.79 Å². The monoisotopic (exact) mass is 525 g/mol. The number of nitrogens with one attached hydrogen (secondary N) is 2. The van der Waals surface area contributed by atoms with Gasteiger partial charge in [0.1, 0.15) is 6.10 Å². The lowest BCUT2D eigenvalue weighted by molar-refractivity contribution is -0.129. The number of amides is 1. The van der Waals surface area contributed by atoms with Crippen molar-refractivity contribution in [2.45, 2.75) is 75.4 Å². The second-order valence-electron chi connectivity index (χ2n) is 10.4. The molecule has 3 aromatic rings. The van der Waals surface area contributed by atoms with Gasteiger partial charge in [0.25, 0.3) is 0 Å². The van der Waals surface area contributed by atoms with Gasteiger partial charge in [0.05, 0.1) is 18.1 Å². The van der Waals surface area contributed by atoms with Gasteiger partial charge in [-0.2, -0.15) is 0 Å². The van der Waals surface area contributed by atoms with Gasteiger partial charge >= 0.3 is 0 Å². The van der Waals surface area contributed by atoms with E-state index < -0.39 is 24.2 Å². The van der Waals surface area contributed by atoms with Gasteiger partial charge in [-0.15, -0.1) is 5.10 Å². The fourth-order valence-electron chi connectivity index (χ4n) is 4.94. The summed E-state index contributed by atoms with van der Waals surface area (Å²) in [5.74, 6) is 1.19. The summed E-state index contributed by atoms with van der Waals surface area (Å²) in [5.41, 5.74) is 2.31. The summed E-state index contributed by atoms with van der Waals surface area (Å²) in [4.78, 5) is 22.2. The molecule has 198 valence electrons.